The van der Waals surface area contributed by atoms with E-state index in [0.717, 1.165) is 12.1 Å². The second kappa shape index (κ2) is 5.33. The van der Waals surface area contributed by atoms with Crippen LogP contribution in [0.3, 0.4) is 0 Å². The van der Waals surface area contributed by atoms with E-state index in [0.29, 0.717) is 0 Å². The fourth-order valence-corrected chi connectivity index (χ4v) is 3.06. The molecule has 0 saturated heterocycles. The molecule has 0 bridgehead atoms. The number of nitrogen functional groups attached to an aromatic ring is 1. The van der Waals surface area contributed by atoms with E-state index in [9.17, 15) is 17.2 Å². The first-order chi connectivity index (χ1) is 9.33. The van der Waals surface area contributed by atoms with Crippen LogP contribution in [0.4, 0.5) is 20.2 Å². The van der Waals surface area contributed by atoms with Crippen molar-refractivity contribution in [2.75, 3.05) is 10.5 Å². The van der Waals surface area contributed by atoms with Gasteiger partial charge in [0, 0.05) is 6.20 Å². The summed E-state index contributed by atoms with van der Waals surface area (Å²) in [5.74, 6) is -2.36. The summed E-state index contributed by atoms with van der Waals surface area (Å²) in [6.45, 7) is 0. The first kappa shape index (κ1) is 14.7. The normalized spacial score (nSPS) is 11.3. The number of benzene rings is 1. The molecule has 106 valence electrons. The summed E-state index contributed by atoms with van der Waals surface area (Å²) in [5, 5.41) is 0. The summed E-state index contributed by atoms with van der Waals surface area (Å²) in [4.78, 5) is 3.08. The van der Waals surface area contributed by atoms with Crippen LogP contribution >= 0.6 is 15.9 Å². The third-order valence-electron chi connectivity index (χ3n) is 2.38. The molecule has 0 fully saturated rings. The summed E-state index contributed by atoms with van der Waals surface area (Å²) in [7, 11) is -4.25. The number of anilines is 2. The lowest BCUT2D eigenvalue weighted by atomic mass is 10.3. The Balaban J connectivity index is 2.47. The van der Waals surface area contributed by atoms with Gasteiger partial charge in [0.05, 0.1) is 5.69 Å². The van der Waals surface area contributed by atoms with Gasteiger partial charge < -0.3 is 5.73 Å². The highest BCUT2D eigenvalue weighted by molar-refractivity contribution is 9.10. The molecule has 0 aliphatic heterocycles. The lowest BCUT2D eigenvalue weighted by Crippen LogP contribution is -2.16. The number of pyridine rings is 1. The summed E-state index contributed by atoms with van der Waals surface area (Å²) in [6, 6.07) is 4.51. The molecule has 0 spiro atoms. The Hall–Kier alpha value is -1.74. The van der Waals surface area contributed by atoms with E-state index in [1.165, 1.54) is 18.3 Å². The number of aromatic nitrogens is 1. The molecule has 1 aromatic heterocycles. The molecule has 1 heterocycles. The van der Waals surface area contributed by atoms with Crippen LogP contribution < -0.4 is 10.5 Å². The lowest BCUT2D eigenvalue weighted by molar-refractivity contribution is 0.557. The van der Waals surface area contributed by atoms with Gasteiger partial charge in [0.1, 0.15) is 21.0 Å². The third-order valence-corrected chi connectivity index (χ3v) is 4.40. The Morgan fingerprint density at radius 2 is 1.95 bits per heavy atom. The lowest BCUT2D eigenvalue weighted by Gasteiger charge is -2.10. The number of nitrogens with two attached hydrogens (primary N) is 1. The van der Waals surface area contributed by atoms with Crippen LogP contribution in [0.1, 0.15) is 0 Å². The molecule has 0 aliphatic carbocycles. The molecule has 0 amide bonds. The Morgan fingerprint density at radius 1 is 1.25 bits per heavy atom. The van der Waals surface area contributed by atoms with Crippen molar-refractivity contribution in [1.29, 1.82) is 0 Å². The standard InChI is InChI=1S/C11H8BrF2N3O2S/c12-11-7(2-1-5-16-11)17-20(18,19)8-4-3-6(13)10(15)9(8)14/h1-5,17H,15H2. The quantitative estimate of drug-likeness (QED) is 0.648. The van der Waals surface area contributed by atoms with Gasteiger partial charge in [-0.25, -0.2) is 22.2 Å². The van der Waals surface area contributed by atoms with Gasteiger partial charge in [0.2, 0.25) is 0 Å². The topological polar surface area (TPSA) is 85.1 Å². The summed E-state index contributed by atoms with van der Waals surface area (Å²) < 4.78 is 53.3. The Bertz CT molecular complexity index is 768. The molecule has 0 atom stereocenters. The SMILES string of the molecule is Nc1c(F)ccc(S(=O)(=O)Nc2cccnc2Br)c1F. The monoisotopic (exact) mass is 363 g/mol. The molecule has 1 aromatic carbocycles. The van der Waals surface area contributed by atoms with Crippen molar-refractivity contribution >= 4 is 37.3 Å². The van der Waals surface area contributed by atoms with Crippen LogP contribution in [0.5, 0.6) is 0 Å². The average Bonchev–Trinajstić information content (AvgIpc) is 2.38. The average molecular weight is 364 g/mol. The maximum absolute atomic E-state index is 13.7. The van der Waals surface area contributed by atoms with Crippen LogP contribution in [-0.4, -0.2) is 13.4 Å². The minimum Gasteiger partial charge on any atom is -0.394 e. The van der Waals surface area contributed by atoms with Crippen molar-refractivity contribution in [3.63, 3.8) is 0 Å². The van der Waals surface area contributed by atoms with E-state index >= 15 is 0 Å². The second-order valence-corrected chi connectivity index (χ2v) is 6.12. The zero-order valence-electron chi connectivity index (χ0n) is 9.77. The third kappa shape index (κ3) is 2.73. The zero-order valence-corrected chi connectivity index (χ0v) is 12.2. The van der Waals surface area contributed by atoms with Gasteiger partial charge in [-0.05, 0) is 40.2 Å². The molecule has 2 rings (SSSR count). The van der Waals surface area contributed by atoms with Gasteiger partial charge >= 0.3 is 0 Å². The molecule has 3 N–H and O–H groups in total. The van der Waals surface area contributed by atoms with Crippen molar-refractivity contribution in [3.05, 3.63) is 46.7 Å². The Labute approximate surface area is 122 Å². The summed E-state index contributed by atoms with van der Waals surface area (Å²) in [5.41, 5.74) is 4.41. The fourth-order valence-electron chi connectivity index (χ4n) is 1.42. The van der Waals surface area contributed by atoms with Gasteiger partial charge in [-0.2, -0.15) is 0 Å². The Morgan fingerprint density at radius 3 is 2.60 bits per heavy atom. The van der Waals surface area contributed by atoms with E-state index in [-0.39, 0.29) is 10.3 Å². The number of hydrogen-bond donors (Lipinski definition) is 2. The van der Waals surface area contributed by atoms with Crippen molar-refractivity contribution < 1.29 is 17.2 Å². The van der Waals surface area contributed by atoms with Gasteiger partial charge in [-0.3, -0.25) is 4.72 Å². The number of halogens is 3. The summed E-state index contributed by atoms with van der Waals surface area (Å²) in [6.07, 6.45) is 1.44. The van der Waals surface area contributed by atoms with E-state index in [1.54, 1.807) is 0 Å². The number of hydrogen-bond acceptors (Lipinski definition) is 4. The Kier molecular flexibility index (Phi) is 3.91. The van der Waals surface area contributed by atoms with Crippen LogP contribution in [0.25, 0.3) is 0 Å². The fraction of sp³-hybridized carbons (Fsp3) is 0. The predicted molar refractivity (Wildman–Crippen MR) is 73.5 cm³/mol. The van der Waals surface area contributed by atoms with Crippen molar-refractivity contribution in [2.24, 2.45) is 0 Å². The van der Waals surface area contributed by atoms with Crippen molar-refractivity contribution in [3.8, 4) is 0 Å². The first-order valence-electron chi connectivity index (χ1n) is 5.20. The molecule has 0 unspecified atom stereocenters. The number of nitrogens with zero attached hydrogens (tertiary/aromatic N) is 1. The highest BCUT2D eigenvalue weighted by Crippen LogP contribution is 2.26. The van der Waals surface area contributed by atoms with Gasteiger partial charge in [0.15, 0.2) is 5.82 Å². The molecular weight excluding hydrogens is 356 g/mol. The van der Waals surface area contributed by atoms with Crippen LogP contribution in [0, 0.1) is 11.6 Å². The zero-order chi connectivity index (χ0) is 14.9. The van der Waals surface area contributed by atoms with Crippen molar-refractivity contribution in [1.82, 2.24) is 4.98 Å². The largest absolute Gasteiger partial charge is 0.394 e. The number of nitrogens with one attached hydrogen (secondary N) is 1. The van der Waals surface area contributed by atoms with Crippen LogP contribution in [0.2, 0.25) is 0 Å². The van der Waals surface area contributed by atoms with E-state index in [1.807, 2.05) is 0 Å². The smallest absolute Gasteiger partial charge is 0.264 e. The highest BCUT2D eigenvalue weighted by atomic mass is 79.9. The highest BCUT2D eigenvalue weighted by Gasteiger charge is 2.23. The number of sulfonamides is 1. The molecule has 5 nitrogen and oxygen atoms in total. The van der Waals surface area contributed by atoms with Crippen LogP contribution in [-0.2, 0) is 10.0 Å². The molecule has 0 saturated carbocycles. The van der Waals surface area contributed by atoms with E-state index < -0.39 is 32.2 Å². The maximum atomic E-state index is 13.7. The maximum Gasteiger partial charge on any atom is 0.264 e. The van der Waals surface area contributed by atoms with Gasteiger partial charge in [-0.15, -0.1) is 0 Å². The number of rotatable bonds is 3. The molecule has 0 radical (unpaired) electrons. The molecule has 20 heavy (non-hydrogen) atoms. The molecule has 9 heteroatoms. The predicted octanol–water partition coefficient (Wildman–Crippen LogP) is 2.51. The molecule has 2 aromatic rings. The molecular formula is C11H8BrF2N3O2S. The summed E-state index contributed by atoms with van der Waals surface area (Å²) >= 11 is 3.05. The van der Waals surface area contributed by atoms with E-state index in [4.69, 9.17) is 5.73 Å². The van der Waals surface area contributed by atoms with E-state index in [2.05, 4.69) is 25.6 Å². The minimum atomic E-state index is -4.25. The molecule has 0 aliphatic rings. The second-order valence-electron chi connectivity index (χ2n) is 3.72. The van der Waals surface area contributed by atoms with Gasteiger partial charge in [-0.1, -0.05) is 0 Å². The minimum absolute atomic E-state index is 0.120. The van der Waals surface area contributed by atoms with Gasteiger partial charge in [0.25, 0.3) is 10.0 Å². The van der Waals surface area contributed by atoms with Crippen LogP contribution in [0.15, 0.2) is 40.0 Å². The van der Waals surface area contributed by atoms with Crippen molar-refractivity contribution in [2.45, 2.75) is 4.90 Å². The first-order valence-corrected chi connectivity index (χ1v) is 7.47.